The van der Waals surface area contributed by atoms with Crippen LogP contribution in [0.5, 0.6) is 5.75 Å². The third kappa shape index (κ3) is 2.32. The molecule has 0 saturated carbocycles. The molecule has 7 heteroatoms. The molecule has 0 saturated heterocycles. The first-order chi connectivity index (χ1) is 10.6. The number of ether oxygens (including phenoxy) is 1. The number of hydrogen-bond donors (Lipinski definition) is 2. The number of nitrogens with zero attached hydrogens (tertiary/aromatic N) is 3. The molecule has 0 spiro atoms. The van der Waals surface area contributed by atoms with Crippen LogP contribution in [0, 0.1) is 6.92 Å². The van der Waals surface area contributed by atoms with Crippen molar-refractivity contribution in [1.29, 1.82) is 0 Å². The van der Waals surface area contributed by atoms with E-state index in [2.05, 4.69) is 15.4 Å². The van der Waals surface area contributed by atoms with Gasteiger partial charge in [0.1, 0.15) is 17.6 Å². The van der Waals surface area contributed by atoms with Crippen LogP contribution in [-0.4, -0.2) is 32.8 Å². The first kappa shape index (κ1) is 13.9. The van der Waals surface area contributed by atoms with Crippen molar-refractivity contribution >= 4 is 23.0 Å². The van der Waals surface area contributed by atoms with E-state index in [1.807, 2.05) is 24.3 Å². The Hall–Kier alpha value is -3.09. The number of fused-ring (bicyclic) bond motifs is 1. The molecule has 0 aliphatic carbocycles. The van der Waals surface area contributed by atoms with Gasteiger partial charge in [0, 0.05) is 11.9 Å². The van der Waals surface area contributed by atoms with E-state index in [0.29, 0.717) is 16.9 Å². The fourth-order valence-corrected chi connectivity index (χ4v) is 2.28. The van der Waals surface area contributed by atoms with Gasteiger partial charge in [0.15, 0.2) is 5.82 Å². The van der Waals surface area contributed by atoms with Gasteiger partial charge in [0.25, 0.3) is 0 Å². The van der Waals surface area contributed by atoms with Crippen molar-refractivity contribution in [2.45, 2.75) is 6.92 Å². The molecular formula is C15H14N4O3. The van der Waals surface area contributed by atoms with Crippen molar-refractivity contribution in [2.75, 3.05) is 12.4 Å². The summed E-state index contributed by atoms with van der Waals surface area (Å²) >= 11 is 0. The number of methoxy groups -OCH3 is 1. The average molecular weight is 298 g/mol. The number of rotatable bonds is 4. The van der Waals surface area contributed by atoms with Crippen LogP contribution in [0.15, 0.2) is 36.8 Å². The van der Waals surface area contributed by atoms with Gasteiger partial charge in [-0.1, -0.05) is 0 Å². The topological polar surface area (TPSA) is 88.8 Å². The number of benzene rings is 1. The minimum atomic E-state index is -0.988. The zero-order valence-corrected chi connectivity index (χ0v) is 12.1. The third-order valence-corrected chi connectivity index (χ3v) is 3.41. The lowest BCUT2D eigenvalue weighted by molar-refractivity contribution is 0.0696. The monoisotopic (exact) mass is 298 g/mol. The van der Waals surface area contributed by atoms with Gasteiger partial charge in [-0.2, -0.15) is 5.10 Å². The Morgan fingerprint density at radius 3 is 2.68 bits per heavy atom. The van der Waals surface area contributed by atoms with E-state index in [1.165, 1.54) is 17.0 Å². The molecule has 0 aliphatic heterocycles. The highest BCUT2D eigenvalue weighted by Gasteiger charge is 2.17. The number of hydrogen-bond acceptors (Lipinski definition) is 5. The van der Waals surface area contributed by atoms with Crippen LogP contribution in [0.1, 0.15) is 15.9 Å². The Balaban J connectivity index is 2.04. The lowest BCUT2D eigenvalue weighted by Crippen LogP contribution is -2.00. The molecule has 0 radical (unpaired) electrons. The number of aromatic carboxylic acids is 1. The normalized spacial score (nSPS) is 10.6. The molecule has 2 aromatic heterocycles. The van der Waals surface area contributed by atoms with Crippen LogP contribution in [0.3, 0.4) is 0 Å². The van der Waals surface area contributed by atoms with Crippen LogP contribution >= 0.6 is 0 Å². The fraction of sp³-hybridized carbons (Fsp3) is 0.133. The van der Waals surface area contributed by atoms with E-state index < -0.39 is 5.97 Å². The van der Waals surface area contributed by atoms with E-state index in [1.54, 1.807) is 14.0 Å². The van der Waals surface area contributed by atoms with Crippen molar-refractivity contribution in [3.8, 4) is 5.75 Å². The second-order valence-corrected chi connectivity index (χ2v) is 4.73. The molecule has 0 fully saturated rings. The highest BCUT2D eigenvalue weighted by molar-refractivity contribution is 5.94. The summed E-state index contributed by atoms with van der Waals surface area (Å²) in [5.41, 5.74) is 2.27. The Morgan fingerprint density at radius 1 is 1.32 bits per heavy atom. The molecule has 3 aromatic rings. The summed E-state index contributed by atoms with van der Waals surface area (Å²) in [6, 6.07) is 7.37. The number of carboxylic acid groups (broad SMARTS) is 1. The lowest BCUT2D eigenvalue weighted by Gasteiger charge is -2.08. The standard InChI is InChI=1S/C15H14N4O3/c1-9-12(15(20)21)7-19-13(9)14(16-8-17-19)18-10-3-5-11(22-2)6-4-10/h3-8H,1-2H3,(H,20,21)(H,16,17,18). The van der Waals surface area contributed by atoms with Crippen LogP contribution in [0.2, 0.25) is 0 Å². The van der Waals surface area contributed by atoms with Crippen LogP contribution < -0.4 is 10.1 Å². The number of aryl methyl sites for hydroxylation is 1. The Labute approximate surface area is 126 Å². The van der Waals surface area contributed by atoms with E-state index in [0.717, 1.165) is 11.4 Å². The van der Waals surface area contributed by atoms with E-state index in [4.69, 9.17) is 4.74 Å². The van der Waals surface area contributed by atoms with Crippen molar-refractivity contribution in [3.63, 3.8) is 0 Å². The average Bonchev–Trinajstić information content (AvgIpc) is 2.86. The van der Waals surface area contributed by atoms with Gasteiger partial charge in [0.05, 0.1) is 12.7 Å². The number of carboxylic acids is 1. The lowest BCUT2D eigenvalue weighted by atomic mass is 10.2. The van der Waals surface area contributed by atoms with Gasteiger partial charge in [-0.15, -0.1) is 0 Å². The summed E-state index contributed by atoms with van der Waals surface area (Å²) < 4.78 is 6.63. The first-order valence-corrected chi connectivity index (χ1v) is 6.57. The van der Waals surface area contributed by atoms with E-state index >= 15 is 0 Å². The molecule has 112 valence electrons. The molecule has 22 heavy (non-hydrogen) atoms. The Bertz CT molecular complexity index is 840. The summed E-state index contributed by atoms with van der Waals surface area (Å²) in [5, 5.41) is 16.4. The molecule has 7 nitrogen and oxygen atoms in total. The number of carbonyl (C=O) groups is 1. The zero-order chi connectivity index (χ0) is 15.7. The molecule has 2 N–H and O–H groups in total. The summed E-state index contributed by atoms with van der Waals surface area (Å²) in [6.07, 6.45) is 2.86. The third-order valence-electron chi connectivity index (χ3n) is 3.41. The molecular weight excluding hydrogens is 284 g/mol. The fourth-order valence-electron chi connectivity index (χ4n) is 2.28. The highest BCUT2D eigenvalue weighted by Crippen LogP contribution is 2.26. The molecule has 0 bridgehead atoms. The van der Waals surface area contributed by atoms with Crippen molar-refractivity contribution in [2.24, 2.45) is 0 Å². The molecule has 3 rings (SSSR count). The minimum absolute atomic E-state index is 0.207. The summed E-state index contributed by atoms with van der Waals surface area (Å²) in [4.78, 5) is 15.4. The maximum atomic E-state index is 11.2. The quantitative estimate of drug-likeness (QED) is 0.769. The SMILES string of the molecule is COc1ccc(Nc2ncnn3cc(C(=O)O)c(C)c23)cc1. The Morgan fingerprint density at radius 2 is 2.05 bits per heavy atom. The maximum Gasteiger partial charge on any atom is 0.337 e. The summed E-state index contributed by atoms with van der Waals surface area (Å²) in [5.74, 6) is 0.314. The number of anilines is 2. The smallest absolute Gasteiger partial charge is 0.337 e. The predicted octanol–water partition coefficient (Wildman–Crippen LogP) is 2.49. The molecule has 1 aromatic carbocycles. The number of aromatic nitrogens is 3. The molecule has 0 amide bonds. The van der Waals surface area contributed by atoms with Gasteiger partial charge in [-0.3, -0.25) is 0 Å². The molecule has 2 heterocycles. The summed E-state index contributed by atoms with van der Waals surface area (Å²) in [7, 11) is 1.60. The van der Waals surface area contributed by atoms with Crippen LogP contribution in [0.25, 0.3) is 5.52 Å². The zero-order valence-electron chi connectivity index (χ0n) is 12.1. The van der Waals surface area contributed by atoms with Gasteiger partial charge >= 0.3 is 5.97 Å². The van der Waals surface area contributed by atoms with Crippen molar-refractivity contribution in [3.05, 3.63) is 47.9 Å². The largest absolute Gasteiger partial charge is 0.497 e. The second-order valence-electron chi connectivity index (χ2n) is 4.73. The summed E-state index contributed by atoms with van der Waals surface area (Å²) in [6.45, 7) is 1.74. The highest BCUT2D eigenvalue weighted by atomic mass is 16.5. The maximum absolute atomic E-state index is 11.2. The van der Waals surface area contributed by atoms with E-state index in [-0.39, 0.29) is 5.56 Å². The van der Waals surface area contributed by atoms with Gasteiger partial charge in [-0.05, 0) is 36.8 Å². The number of nitrogens with one attached hydrogen (secondary N) is 1. The molecule has 0 unspecified atom stereocenters. The minimum Gasteiger partial charge on any atom is -0.497 e. The molecule has 0 atom stereocenters. The molecule has 0 aliphatic rings. The van der Waals surface area contributed by atoms with Gasteiger partial charge in [0.2, 0.25) is 0 Å². The van der Waals surface area contributed by atoms with E-state index in [9.17, 15) is 9.90 Å². The predicted molar refractivity (Wildman–Crippen MR) is 81.0 cm³/mol. The van der Waals surface area contributed by atoms with Crippen molar-refractivity contribution in [1.82, 2.24) is 14.6 Å². The van der Waals surface area contributed by atoms with Gasteiger partial charge < -0.3 is 15.2 Å². The first-order valence-electron chi connectivity index (χ1n) is 6.57. The second kappa shape index (κ2) is 5.36. The van der Waals surface area contributed by atoms with Crippen LogP contribution in [0.4, 0.5) is 11.5 Å². The van der Waals surface area contributed by atoms with Crippen LogP contribution in [-0.2, 0) is 0 Å². The Kier molecular flexibility index (Phi) is 3.38. The van der Waals surface area contributed by atoms with Gasteiger partial charge in [-0.25, -0.2) is 14.3 Å². The van der Waals surface area contributed by atoms with Crippen molar-refractivity contribution < 1.29 is 14.6 Å².